The molecule has 1 saturated heterocycles. The summed E-state index contributed by atoms with van der Waals surface area (Å²) in [6.45, 7) is 6.64. The van der Waals surface area contributed by atoms with E-state index < -0.39 is 6.04 Å². The zero-order chi connectivity index (χ0) is 19.6. The molecule has 0 saturated carbocycles. The van der Waals surface area contributed by atoms with Crippen LogP contribution in [0.2, 0.25) is 5.02 Å². The Labute approximate surface area is 163 Å². The second kappa shape index (κ2) is 8.08. The first kappa shape index (κ1) is 19.4. The first-order valence-corrected chi connectivity index (χ1v) is 9.44. The van der Waals surface area contributed by atoms with Crippen LogP contribution < -0.4 is 0 Å². The van der Waals surface area contributed by atoms with E-state index in [1.165, 1.54) is 0 Å². The lowest BCUT2D eigenvalue weighted by Crippen LogP contribution is -2.59. The molecule has 8 heteroatoms. The summed E-state index contributed by atoms with van der Waals surface area (Å²) in [5.41, 5.74) is 0.658. The Hall–Kier alpha value is -2.41. The van der Waals surface area contributed by atoms with Crippen LogP contribution >= 0.6 is 11.6 Å². The van der Waals surface area contributed by atoms with E-state index in [-0.39, 0.29) is 36.7 Å². The SMILES string of the molecule is CCN1CC(=O)N(Cc2nc(-c3ccccc3Cl)no2)[C@@H](CC(C)C)C1=O. The molecule has 1 aromatic heterocycles. The molecular weight excluding hydrogens is 368 g/mol. The van der Waals surface area contributed by atoms with Crippen LogP contribution in [0.15, 0.2) is 28.8 Å². The third-order valence-corrected chi connectivity index (χ3v) is 4.91. The predicted octanol–water partition coefficient (Wildman–Crippen LogP) is 3.00. The third-order valence-electron chi connectivity index (χ3n) is 4.58. The van der Waals surface area contributed by atoms with Crippen molar-refractivity contribution >= 4 is 23.4 Å². The topological polar surface area (TPSA) is 79.5 Å². The van der Waals surface area contributed by atoms with Crippen molar-refractivity contribution in [2.75, 3.05) is 13.1 Å². The van der Waals surface area contributed by atoms with Gasteiger partial charge in [0, 0.05) is 12.1 Å². The minimum atomic E-state index is -0.512. The highest BCUT2D eigenvalue weighted by molar-refractivity contribution is 6.33. The molecule has 2 amide bonds. The molecule has 0 N–H and O–H groups in total. The number of halogens is 1. The molecule has 2 heterocycles. The van der Waals surface area contributed by atoms with Crippen molar-refractivity contribution in [2.24, 2.45) is 5.92 Å². The largest absolute Gasteiger partial charge is 0.337 e. The van der Waals surface area contributed by atoms with E-state index in [0.29, 0.717) is 29.4 Å². The number of amides is 2. The van der Waals surface area contributed by atoms with Crippen LogP contribution in [0.25, 0.3) is 11.4 Å². The maximum atomic E-state index is 12.8. The number of piperazine rings is 1. The number of carbonyl (C=O) groups excluding carboxylic acids is 2. The van der Waals surface area contributed by atoms with Crippen LogP contribution in [0.3, 0.4) is 0 Å². The zero-order valence-corrected chi connectivity index (χ0v) is 16.4. The molecule has 1 aliphatic heterocycles. The second-order valence-electron chi connectivity index (χ2n) is 7.01. The maximum Gasteiger partial charge on any atom is 0.246 e. The molecule has 0 unspecified atom stereocenters. The van der Waals surface area contributed by atoms with Gasteiger partial charge in [0.1, 0.15) is 12.6 Å². The summed E-state index contributed by atoms with van der Waals surface area (Å²) in [5.74, 6) is 0.774. The fourth-order valence-corrected chi connectivity index (χ4v) is 3.43. The van der Waals surface area contributed by atoms with Gasteiger partial charge in [0.05, 0.1) is 11.6 Å². The smallest absolute Gasteiger partial charge is 0.246 e. The highest BCUT2D eigenvalue weighted by atomic mass is 35.5. The number of hydrogen-bond acceptors (Lipinski definition) is 5. The molecule has 1 atom stereocenters. The molecule has 0 aliphatic carbocycles. The molecule has 3 rings (SSSR count). The lowest BCUT2D eigenvalue weighted by Gasteiger charge is -2.40. The molecule has 1 aromatic carbocycles. The molecule has 2 aromatic rings. The maximum absolute atomic E-state index is 12.8. The summed E-state index contributed by atoms with van der Waals surface area (Å²) in [4.78, 5) is 32.9. The van der Waals surface area contributed by atoms with E-state index in [1.807, 2.05) is 32.9 Å². The third kappa shape index (κ3) is 4.13. The van der Waals surface area contributed by atoms with Gasteiger partial charge >= 0.3 is 0 Å². The van der Waals surface area contributed by atoms with Gasteiger partial charge in [-0.1, -0.05) is 42.7 Å². The first-order chi connectivity index (χ1) is 12.9. The number of likely N-dealkylation sites (N-methyl/N-ethyl adjacent to an activating group) is 1. The second-order valence-corrected chi connectivity index (χ2v) is 7.42. The zero-order valence-electron chi connectivity index (χ0n) is 15.7. The standard InChI is InChI=1S/C19H23ClN4O3/c1-4-23-11-17(25)24(15(19(23)26)9-12(2)3)10-16-21-18(22-27-16)13-7-5-6-8-14(13)20/h5-8,12,15H,4,9-11H2,1-3H3/t15-/m0/s1. The molecule has 1 fully saturated rings. The van der Waals surface area contributed by atoms with Gasteiger partial charge in [-0.3, -0.25) is 9.59 Å². The Balaban J connectivity index is 1.83. The van der Waals surface area contributed by atoms with Crippen LogP contribution in [0.1, 0.15) is 33.1 Å². The Kier molecular flexibility index (Phi) is 5.79. The first-order valence-electron chi connectivity index (χ1n) is 9.06. The normalized spacial score (nSPS) is 17.9. The van der Waals surface area contributed by atoms with Gasteiger partial charge in [-0.2, -0.15) is 4.98 Å². The minimum absolute atomic E-state index is 0.0309. The number of rotatable bonds is 6. The number of nitrogens with zero attached hydrogens (tertiary/aromatic N) is 4. The fourth-order valence-electron chi connectivity index (χ4n) is 3.21. The van der Waals surface area contributed by atoms with E-state index in [1.54, 1.807) is 21.9 Å². The van der Waals surface area contributed by atoms with E-state index in [0.717, 1.165) is 0 Å². The number of benzene rings is 1. The number of hydrogen-bond donors (Lipinski definition) is 0. The summed E-state index contributed by atoms with van der Waals surface area (Å²) in [7, 11) is 0. The molecule has 144 valence electrons. The van der Waals surface area contributed by atoms with Gasteiger partial charge in [0.15, 0.2) is 0 Å². The Morgan fingerprint density at radius 2 is 2.04 bits per heavy atom. The van der Waals surface area contributed by atoms with Crippen LogP contribution in [0.5, 0.6) is 0 Å². The van der Waals surface area contributed by atoms with Crippen molar-refractivity contribution in [3.05, 3.63) is 35.2 Å². The highest BCUT2D eigenvalue weighted by Crippen LogP contribution is 2.26. The van der Waals surface area contributed by atoms with Crippen LogP contribution in [0, 0.1) is 5.92 Å². The summed E-state index contributed by atoms with van der Waals surface area (Å²) in [6, 6.07) is 6.69. The Morgan fingerprint density at radius 3 is 2.70 bits per heavy atom. The van der Waals surface area contributed by atoms with E-state index in [4.69, 9.17) is 16.1 Å². The molecule has 0 radical (unpaired) electrons. The Morgan fingerprint density at radius 1 is 1.30 bits per heavy atom. The van der Waals surface area contributed by atoms with Gasteiger partial charge in [0.2, 0.25) is 23.5 Å². The van der Waals surface area contributed by atoms with Crippen LogP contribution in [-0.4, -0.2) is 50.9 Å². The average molecular weight is 391 g/mol. The van der Waals surface area contributed by atoms with Crippen molar-refractivity contribution in [3.63, 3.8) is 0 Å². The van der Waals surface area contributed by atoms with Crippen molar-refractivity contribution in [1.82, 2.24) is 19.9 Å². The van der Waals surface area contributed by atoms with Crippen LogP contribution in [-0.2, 0) is 16.1 Å². The number of aromatic nitrogens is 2. The monoisotopic (exact) mass is 390 g/mol. The molecular formula is C19H23ClN4O3. The molecule has 27 heavy (non-hydrogen) atoms. The van der Waals surface area contributed by atoms with Crippen molar-refractivity contribution in [2.45, 2.75) is 39.8 Å². The lowest BCUT2D eigenvalue weighted by atomic mass is 9.99. The summed E-state index contributed by atoms with van der Waals surface area (Å²) < 4.78 is 5.33. The van der Waals surface area contributed by atoms with Gasteiger partial charge in [-0.25, -0.2) is 0 Å². The molecule has 0 spiro atoms. The highest BCUT2D eigenvalue weighted by Gasteiger charge is 2.39. The van der Waals surface area contributed by atoms with Gasteiger partial charge in [0.25, 0.3) is 0 Å². The Bertz CT molecular complexity index is 836. The average Bonchev–Trinajstić information content (AvgIpc) is 3.09. The quantitative estimate of drug-likeness (QED) is 0.757. The lowest BCUT2D eigenvalue weighted by molar-refractivity contribution is -0.157. The van der Waals surface area contributed by atoms with Gasteiger partial charge in [-0.05, 0) is 31.4 Å². The summed E-state index contributed by atoms with van der Waals surface area (Å²) in [5, 5.41) is 4.49. The molecule has 0 bridgehead atoms. The van der Waals surface area contributed by atoms with Crippen LogP contribution in [0.4, 0.5) is 0 Å². The van der Waals surface area contributed by atoms with E-state index in [2.05, 4.69) is 10.1 Å². The minimum Gasteiger partial charge on any atom is -0.337 e. The van der Waals surface area contributed by atoms with E-state index >= 15 is 0 Å². The van der Waals surface area contributed by atoms with E-state index in [9.17, 15) is 9.59 Å². The van der Waals surface area contributed by atoms with Crippen molar-refractivity contribution in [3.8, 4) is 11.4 Å². The fraction of sp³-hybridized carbons (Fsp3) is 0.474. The molecule has 1 aliphatic rings. The molecule has 7 nitrogen and oxygen atoms in total. The van der Waals surface area contributed by atoms with Crippen molar-refractivity contribution < 1.29 is 14.1 Å². The van der Waals surface area contributed by atoms with Crippen molar-refractivity contribution in [1.29, 1.82) is 0 Å². The summed E-state index contributed by atoms with van der Waals surface area (Å²) >= 11 is 6.18. The van der Waals surface area contributed by atoms with Gasteiger partial charge < -0.3 is 14.3 Å². The summed E-state index contributed by atoms with van der Waals surface area (Å²) in [6.07, 6.45) is 0.590. The predicted molar refractivity (Wildman–Crippen MR) is 101 cm³/mol. The van der Waals surface area contributed by atoms with Gasteiger partial charge in [-0.15, -0.1) is 0 Å². The number of carbonyl (C=O) groups is 2.